The molecule has 4 aliphatic rings. The summed E-state index contributed by atoms with van der Waals surface area (Å²) in [5.74, 6) is -0.375. The minimum absolute atomic E-state index is 0.00349. The third kappa shape index (κ3) is 11.0. The van der Waals surface area contributed by atoms with Gasteiger partial charge in [0.25, 0.3) is 17.7 Å². The molecule has 8 rings (SSSR count). The number of hydrogen-bond donors (Lipinski definition) is 5. The summed E-state index contributed by atoms with van der Waals surface area (Å²) in [6.45, 7) is 4.70. The van der Waals surface area contributed by atoms with Gasteiger partial charge in [0.15, 0.2) is 0 Å². The van der Waals surface area contributed by atoms with E-state index in [0.29, 0.717) is 10.3 Å². The van der Waals surface area contributed by atoms with Gasteiger partial charge in [-0.25, -0.2) is 0 Å². The molecule has 20 nitrogen and oxygen atoms in total. The summed E-state index contributed by atoms with van der Waals surface area (Å²) < 4.78 is 47.1. The number of morpholine rings is 1. The van der Waals surface area contributed by atoms with E-state index in [-0.39, 0.29) is 80.1 Å². The van der Waals surface area contributed by atoms with Crippen LogP contribution in [0.4, 0.5) is 8.78 Å². The van der Waals surface area contributed by atoms with E-state index in [4.69, 9.17) is 4.74 Å². The summed E-state index contributed by atoms with van der Waals surface area (Å²) in [6.07, 6.45) is -1.19. The summed E-state index contributed by atoms with van der Waals surface area (Å²) in [6, 6.07) is 14.0. The third-order valence-corrected chi connectivity index (χ3v) is 15.2. The molecule has 74 heavy (non-hydrogen) atoms. The Labute approximate surface area is 425 Å². The zero-order valence-corrected chi connectivity index (χ0v) is 41.8. The molecule has 0 saturated carbocycles. The van der Waals surface area contributed by atoms with E-state index in [1.165, 1.54) is 40.1 Å². The molecule has 0 aliphatic carbocycles. The number of thiophene rings is 1. The van der Waals surface area contributed by atoms with E-state index in [0.717, 1.165) is 33.9 Å². The van der Waals surface area contributed by atoms with Gasteiger partial charge in [0, 0.05) is 41.9 Å². The highest BCUT2D eigenvalue weighted by atomic mass is 32.1. The molecule has 5 N–H and O–H groups in total. The van der Waals surface area contributed by atoms with Crippen molar-refractivity contribution in [2.45, 2.75) is 69.9 Å². The summed E-state index contributed by atoms with van der Waals surface area (Å²) >= 11 is 0.903. The van der Waals surface area contributed by atoms with Crippen molar-refractivity contribution in [2.24, 2.45) is 5.41 Å². The van der Waals surface area contributed by atoms with E-state index < -0.39 is 108 Å². The molecule has 1 unspecified atom stereocenters. The van der Waals surface area contributed by atoms with Crippen molar-refractivity contribution in [3.8, 4) is 11.8 Å². The number of ether oxygens (including phenoxy) is 1. The van der Waals surface area contributed by atoms with Crippen LogP contribution in [0.25, 0.3) is 10.1 Å². The number of piperazine rings is 1. The van der Waals surface area contributed by atoms with Crippen LogP contribution >= 0.6 is 18.9 Å². The molecule has 3 fully saturated rings. The molecule has 0 spiro atoms. The lowest BCUT2D eigenvalue weighted by molar-refractivity contribution is -0.158. The van der Waals surface area contributed by atoms with Crippen LogP contribution < -0.4 is 16.0 Å². The number of carbonyl (C=O) groups is 9. The monoisotopic (exact) mass is 1060 g/mol. The molecule has 24 heteroatoms. The fraction of sp³-hybridized carbons (Fsp3) is 0.380. The minimum Gasteiger partial charge on any atom is -0.370 e. The van der Waals surface area contributed by atoms with Gasteiger partial charge in [0.1, 0.15) is 30.7 Å². The SMILES string of the molecule is CC(C)(C)[C@H](NC(=O)c1cc2cc(C(F)(F)P(=O)(O)O)ccc2s1)C(=O)N1CCN(C(=O)CC(=O)NCC#Cc2ccc3c(c2)C(=O)N(C2CCC(=O)NC2=O)C3=O)C[C@H]1C(=O)N1CCO[C@H](c2ccccc2)C1. The maximum absolute atomic E-state index is 14.8. The number of carbonyl (C=O) groups excluding carboxylic acids is 9. The van der Waals surface area contributed by atoms with E-state index in [9.17, 15) is 66.3 Å². The Morgan fingerprint density at radius 3 is 2.34 bits per heavy atom. The highest BCUT2D eigenvalue weighted by Crippen LogP contribution is 2.59. The van der Waals surface area contributed by atoms with Crippen molar-refractivity contribution in [3.05, 3.63) is 105 Å². The molecule has 4 aliphatic heterocycles. The fourth-order valence-electron chi connectivity index (χ4n) is 9.09. The number of benzene rings is 3. The molecule has 388 valence electrons. The molecule has 1 aromatic heterocycles. The summed E-state index contributed by atoms with van der Waals surface area (Å²) in [5, 5.41) is 7.56. The lowest BCUT2D eigenvalue weighted by atomic mass is 9.85. The van der Waals surface area contributed by atoms with Crippen LogP contribution in [0.3, 0.4) is 0 Å². The standard InChI is InChI=1S/C50H50F2N7O13PS/c1-49(2,3)42(55-44(64)38-24-30-23-31(12-15-37(30)74-38)50(51,52)73(69,70)71)48(68)58-19-18-56(26-35(58)47(67)57-20-21-72-36(27-57)29-9-5-4-6-10-29)41(62)25-40(61)53-17-7-8-28-11-13-32-33(22-28)46(66)59(45(32)65)34-14-16-39(60)54-43(34)63/h4-6,9-13,15,22-24,34-36,42H,14,16-21,25-27H2,1-3H3,(H,53,61)(H,55,64)(H,54,60,63)(H2,69,70,71)/t34?,35-,36-,42+/m0/s1. The van der Waals surface area contributed by atoms with Crippen LogP contribution in [0, 0.1) is 17.3 Å². The molecule has 0 radical (unpaired) electrons. The zero-order chi connectivity index (χ0) is 53.4. The van der Waals surface area contributed by atoms with Gasteiger partial charge < -0.3 is 39.9 Å². The number of hydrogen-bond acceptors (Lipinski definition) is 12. The number of nitrogens with zero attached hydrogens (tertiary/aromatic N) is 4. The number of piperidine rings is 1. The number of alkyl halides is 2. The van der Waals surface area contributed by atoms with Gasteiger partial charge in [-0.15, -0.1) is 11.3 Å². The van der Waals surface area contributed by atoms with Crippen molar-refractivity contribution < 1.29 is 71.0 Å². The third-order valence-electron chi connectivity index (χ3n) is 13.1. The smallest absolute Gasteiger partial charge is 0.370 e. The molecular weight excluding hydrogens is 1010 g/mol. The van der Waals surface area contributed by atoms with Gasteiger partial charge in [-0.1, -0.05) is 69.0 Å². The van der Waals surface area contributed by atoms with Crippen LogP contribution in [0.2, 0.25) is 0 Å². The molecule has 0 bridgehead atoms. The lowest BCUT2D eigenvalue weighted by Crippen LogP contribution is -2.66. The average Bonchev–Trinajstić information content (AvgIpc) is 3.90. The number of amides is 9. The van der Waals surface area contributed by atoms with E-state index >= 15 is 0 Å². The van der Waals surface area contributed by atoms with Crippen molar-refractivity contribution in [3.63, 3.8) is 0 Å². The first-order valence-corrected chi connectivity index (χ1v) is 25.8. The van der Waals surface area contributed by atoms with E-state index in [1.54, 1.807) is 25.7 Å². The van der Waals surface area contributed by atoms with Crippen LogP contribution in [0.15, 0.2) is 72.8 Å². The van der Waals surface area contributed by atoms with Crippen LogP contribution in [0.5, 0.6) is 0 Å². The van der Waals surface area contributed by atoms with Gasteiger partial charge >= 0.3 is 13.3 Å². The molecule has 4 atom stereocenters. The van der Waals surface area contributed by atoms with Crippen LogP contribution in [-0.4, -0.2) is 147 Å². The van der Waals surface area contributed by atoms with Gasteiger partial charge in [-0.2, -0.15) is 8.78 Å². The first-order chi connectivity index (χ1) is 34.9. The molecule has 9 amide bonds. The second-order valence-electron chi connectivity index (χ2n) is 19.1. The number of halogens is 2. The highest BCUT2D eigenvalue weighted by Gasteiger charge is 2.51. The van der Waals surface area contributed by atoms with Crippen molar-refractivity contribution >= 4 is 82.2 Å². The first-order valence-electron chi connectivity index (χ1n) is 23.4. The quantitative estimate of drug-likeness (QED) is 0.0627. The predicted octanol–water partition coefficient (Wildman–Crippen LogP) is 2.87. The lowest BCUT2D eigenvalue weighted by Gasteiger charge is -2.45. The van der Waals surface area contributed by atoms with Crippen molar-refractivity contribution in [2.75, 3.05) is 45.9 Å². The van der Waals surface area contributed by atoms with Crippen molar-refractivity contribution in [1.82, 2.24) is 35.6 Å². The van der Waals surface area contributed by atoms with Crippen molar-refractivity contribution in [1.29, 1.82) is 0 Å². The van der Waals surface area contributed by atoms with Gasteiger partial charge in [0.2, 0.25) is 35.4 Å². The van der Waals surface area contributed by atoms with Gasteiger partial charge in [-0.05, 0) is 59.2 Å². The maximum Gasteiger partial charge on any atom is 0.399 e. The second kappa shape index (κ2) is 21.0. The fourth-order valence-corrected chi connectivity index (χ4v) is 10.5. The minimum atomic E-state index is -5.88. The largest absolute Gasteiger partial charge is 0.399 e. The normalized spacial score (nSPS) is 19.9. The number of fused-ring (bicyclic) bond motifs is 2. The van der Waals surface area contributed by atoms with Crippen LogP contribution in [0.1, 0.15) is 93.2 Å². The predicted molar refractivity (Wildman–Crippen MR) is 260 cm³/mol. The van der Waals surface area contributed by atoms with E-state index in [1.807, 2.05) is 30.3 Å². The Balaban J connectivity index is 0.950. The number of nitrogens with one attached hydrogen (secondary N) is 3. The first kappa shape index (κ1) is 53.1. The number of imide groups is 2. The van der Waals surface area contributed by atoms with Gasteiger partial charge in [-0.3, -0.25) is 57.9 Å². The Morgan fingerprint density at radius 2 is 1.64 bits per heavy atom. The maximum atomic E-state index is 14.8. The number of rotatable bonds is 11. The molecular formula is C50H50F2N7O13PS. The Kier molecular flexibility index (Phi) is 15.0. The molecule has 5 heterocycles. The Bertz CT molecular complexity index is 3110. The summed E-state index contributed by atoms with van der Waals surface area (Å²) in [7, 11) is -5.88. The van der Waals surface area contributed by atoms with Crippen LogP contribution in [-0.2, 0) is 43.7 Å². The highest BCUT2D eigenvalue weighted by molar-refractivity contribution is 7.52. The Hall–Kier alpha value is -7.22. The second-order valence-corrected chi connectivity index (χ2v) is 21.9. The Morgan fingerprint density at radius 1 is 0.905 bits per heavy atom. The van der Waals surface area contributed by atoms with Gasteiger partial charge in [0.05, 0.1) is 42.2 Å². The topological polar surface area (TPSA) is 269 Å². The molecule has 3 aromatic carbocycles. The molecule has 3 saturated heterocycles. The molecule has 4 aromatic rings. The zero-order valence-electron chi connectivity index (χ0n) is 40.1. The summed E-state index contributed by atoms with van der Waals surface area (Å²) in [5.41, 5.74) is -5.20. The van der Waals surface area contributed by atoms with E-state index in [2.05, 4.69) is 27.8 Å². The summed E-state index contributed by atoms with van der Waals surface area (Å²) in [4.78, 5) is 144. The average molecular weight is 1060 g/mol.